The first-order chi connectivity index (χ1) is 9.78. The molecule has 1 atom stereocenters. The Kier molecular flexibility index (Phi) is 4.82. The second-order valence-electron chi connectivity index (χ2n) is 5.00. The first-order valence-corrected chi connectivity index (χ1v) is 7.05. The summed E-state index contributed by atoms with van der Waals surface area (Å²) in [4.78, 5) is 8.25. The second-order valence-corrected chi connectivity index (χ2v) is 5.00. The Bertz CT molecular complexity index is 509. The van der Waals surface area contributed by atoms with Crippen molar-refractivity contribution in [2.24, 2.45) is 5.84 Å². The van der Waals surface area contributed by atoms with E-state index < -0.39 is 0 Å². The van der Waals surface area contributed by atoms with Gasteiger partial charge in [-0.15, -0.1) is 0 Å². The molecule has 0 spiro atoms. The van der Waals surface area contributed by atoms with Crippen LogP contribution in [0.25, 0.3) is 0 Å². The van der Waals surface area contributed by atoms with E-state index in [0.29, 0.717) is 0 Å². The zero-order chi connectivity index (χ0) is 14.4. The van der Waals surface area contributed by atoms with E-state index in [9.17, 15) is 0 Å². The topological polar surface area (TPSA) is 63.8 Å². The molecule has 0 fully saturated rings. The Labute approximate surface area is 120 Å². The van der Waals surface area contributed by atoms with E-state index in [0.717, 1.165) is 18.4 Å². The van der Waals surface area contributed by atoms with Crippen LogP contribution in [0.15, 0.2) is 49.1 Å². The van der Waals surface area contributed by atoms with Crippen molar-refractivity contribution in [2.75, 3.05) is 0 Å². The lowest BCUT2D eigenvalue weighted by molar-refractivity contribution is 0.275. The van der Waals surface area contributed by atoms with Crippen LogP contribution in [0.4, 0.5) is 0 Å². The van der Waals surface area contributed by atoms with Gasteiger partial charge in [-0.3, -0.25) is 11.3 Å². The van der Waals surface area contributed by atoms with Gasteiger partial charge in [-0.05, 0) is 18.4 Å². The highest BCUT2D eigenvalue weighted by molar-refractivity contribution is 5.31. The summed E-state index contributed by atoms with van der Waals surface area (Å²) in [6.45, 7) is 4.40. The number of nitrogens with zero attached hydrogens (tertiary/aromatic N) is 2. The Morgan fingerprint density at radius 2 is 1.70 bits per heavy atom. The Morgan fingerprint density at radius 1 is 1.10 bits per heavy atom. The Hall–Kier alpha value is -1.78. The van der Waals surface area contributed by atoms with Crippen molar-refractivity contribution in [3.05, 3.63) is 60.2 Å². The molecular weight excluding hydrogens is 248 g/mol. The summed E-state index contributed by atoms with van der Waals surface area (Å²) in [5.74, 6) is 5.87. The van der Waals surface area contributed by atoms with E-state index in [2.05, 4.69) is 53.5 Å². The number of hydrogen-bond acceptors (Lipinski definition) is 4. The molecule has 1 heterocycles. The van der Waals surface area contributed by atoms with E-state index >= 15 is 0 Å². The van der Waals surface area contributed by atoms with E-state index in [1.165, 1.54) is 5.56 Å². The van der Waals surface area contributed by atoms with Crippen LogP contribution in [0.3, 0.4) is 0 Å². The minimum absolute atomic E-state index is 0.0129. The number of nitrogens with two attached hydrogens (primary N) is 1. The van der Waals surface area contributed by atoms with Crippen molar-refractivity contribution in [2.45, 2.75) is 38.1 Å². The van der Waals surface area contributed by atoms with Crippen molar-refractivity contribution >= 4 is 0 Å². The summed E-state index contributed by atoms with van der Waals surface area (Å²) in [5.41, 5.74) is 5.22. The Balaban J connectivity index is 2.51. The van der Waals surface area contributed by atoms with Gasteiger partial charge in [-0.2, -0.15) is 0 Å². The van der Waals surface area contributed by atoms with E-state index in [-0.39, 0.29) is 11.5 Å². The smallest absolute Gasteiger partial charge is 0.115 e. The fourth-order valence-corrected chi connectivity index (χ4v) is 3.04. The molecule has 0 aliphatic heterocycles. The Morgan fingerprint density at radius 3 is 2.20 bits per heavy atom. The van der Waals surface area contributed by atoms with Gasteiger partial charge in [0.15, 0.2) is 0 Å². The SMILES string of the molecule is CCC(CC)(c1ccccc1)C(NN)c1cncnc1. The molecule has 4 nitrogen and oxygen atoms in total. The van der Waals surface area contributed by atoms with Crippen LogP contribution >= 0.6 is 0 Å². The molecule has 0 saturated carbocycles. The largest absolute Gasteiger partial charge is 0.271 e. The number of aromatic nitrogens is 2. The van der Waals surface area contributed by atoms with E-state index in [1.54, 1.807) is 6.33 Å². The average molecular weight is 270 g/mol. The lowest BCUT2D eigenvalue weighted by atomic mass is 9.68. The van der Waals surface area contributed by atoms with Crippen LogP contribution in [-0.4, -0.2) is 9.97 Å². The van der Waals surface area contributed by atoms with Gasteiger partial charge in [0.25, 0.3) is 0 Å². The number of hydrogen-bond donors (Lipinski definition) is 2. The molecule has 0 aliphatic carbocycles. The molecule has 2 aromatic rings. The normalized spacial score (nSPS) is 13.2. The van der Waals surface area contributed by atoms with Gasteiger partial charge in [0.1, 0.15) is 6.33 Å². The molecule has 0 saturated heterocycles. The zero-order valence-electron chi connectivity index (χ0n) is 12.1. The average Bonchev–Trinajstić information content (AvgIpc) is 2.54. The van der Waals surface area contributed by atoms with Gasteiger partial charge in [0.2, 0.25) is 0 Å². The molecule has 1 unspecified atom stereocenters. The highest BCUT2D eigenvalue weighted by Gasteiger charge is 2.38. The van der Waals surface area contributed by atoms with Gasteiger partial charge in [-0.25, -0.2) is 9.97 Å². The van der Waals surface area contributed by atoms with Crippen molar-refractivity contribution in [1.82, 2.24) is 15.4 Å². The molecule has 1 aromatic carbocycles. The lowest BCUT2D eigenvalue weighted by Crippen LogP contribution is -2.44. The molecule has 2 rings (SSSR count). The standard InChI is InChI=1S/C16H22N4/c1-3-16(4-2,14-8-6-5-7-9-14)15(20-17)13-10-18-12-19-11-13/h5-12,15,20H,3-4,17H2,1-2H3. The molecule has 20 heavy (non-hydrogen) atoms. The number of rotatable bonds is 6. The van der Waals surface area contributed by atoms with Crippen LogP contribution in [0.1, 0.15) is 43.9 Å². The van der Waals surface area contributed by atoms with Gasteiger partial charge in [0.05, 0.1) is 6.04 Å². The zero-order valence-corrected chi connectivity index (χ0v) is 12.1. The van der Waals surface area contributed by atoms with Crippen molar-refractivity contribution in [3.63, 3.8) is 0 Å². The third-order valence-electron chi connectivity index (χ3n) is 4.24. The molecular formula is C16H22N4. The molecule has 0 bridgehead atoms. The summed E-state index contributed by atoms with van der Waals surface area (Å²) in [7, 11) is 0. The van der Waals surface area contributed by atoms with Crippen LogP contribution in [0, 0.1) is 0 Å². The molecule has 106 valence electrons. The fraction of sp³-hybridized carbons (Fsp3) is 0.375. The van der Waals surface area contributed by atoms with Gasteiger partial charge in [-0.1, -0.05) is 44.2 Å². The number of hydrazine groups is 1. The molecule has 0 aliphatic rings. The summed E-state index contributed by atoms with van der Waals surface area (Å²) in [5, 5.41) is 0. The first kappa shape index (κ1) is 14.6. The maximum absolute atomic E-state index is 5.87. The second kappa shape index (κ2) is 6.59. The maximum atomic E-state index is 5.87. The third kappa shape index (κ3) is 2.57. The molecule has 3 N–H and O–H groups in total. The molecule has 4 heteroatoms. The van der Waals surface area contributed by atoms with Crippen LogP contribution < -0.4 is 11.3 Å². The summed E-state index contributed by atoms with van der Waals surface area (Å²) < 4.78 is 0. The van der Waals surface area contributed by atoms with Crippen LogP contribution in [-0.2, 0) is 5.41 Å². The lowest BCUT2D eigenvalue weighted by Gasteiger charge is -2.40. The fourth-order valence-electron chi connectivity index (χ4n) is 3.04. The number of benzene rings is 1. The van der Waals surface area contributed by atoms with Crippen molar-refractivity contribution in [1.29, 1.82) is 0 Å². The highest BCUT2D eigenvalue weighted by Crippen LogP contribution is 2.42. The van der Waals surface area contributed by atoms with Gasteiger partial charge >= 0.3 is 0 Å². The van der Waals surface area contributed by atoms with E-state index in [1.807, 2.05) is 18.5 Å². The van der Waals surface area contributed by atoms with Gasteiger partial charge in [0, 0.05) is 23.4 Å². The summed E-state index contributed by atoms with van der Waals surface area (Å²) >= 11 is 0. The van der Waals surface area contributed by atoms with Crippen LogP contribution in [0.2, 0.25) is 0 Å². The highest BCUT2D eigenvalue weighted by atomic mass is 15.2. The minimum atomic E-state index is -0.0687. The monoisotopic (exact) mass is 270 g/mol. The molecule has 0 radical (unpaired) electrons. The predicted octanol–water partition coefficient (Wildman–Crippen LogP) is 2.74. The third-order valence-corrected chi connectivity index (χ3v) is 4.24. The van der Waals surface area contributed by atoms with Crippen molar-refractivity contribution in [3.8, 4) is 0 Å². The van der Waals surface area contributed by atoms with Gasteiger partial charge < -0.3 is 0 Å². The summed E-state index contributed by atoms with van der Waals surface area (Å²) in [6.07, 6.45) is 7.18. The number of nitrogens with one attached hydrogen (secondary N) is 1. The maximum Gasteiger partial charge on any atom is 0.115 e. The minimum Gasteiger partial charge on any atom is -0.271 e. The first-order valence-electron chi connectivity index (χ1n) is 7.05. The molecule has 1 aromatic heterocycles. The van der Waals surface area contributed by atoms with E-state index in [4.69, 9.17) is 5.84 Å². The van der Waals surface area contributed by atoms with Crippen LogP contribution in [0.5, 0.6) is 0 Å². The predicted molar refractivity (Wildman–Crippen MR) is 80.8 cm³/mol. The molecule has 0 amide bonds. The van der Waals surface area contributed by atoms with Crippen molar-refractivity contribution < 1.29 is 0 Å². The quantitative estimate of drug-likeness (QED) is 0.626. The summed E-state index contributed by atoms with van der Waals surface area (Å²) in [6, 6.07) is 10.5.